The molecule has 19 heavy (non-hydrogen) atoms. The van der Waals surface area contributed by atoms with Crippen LogP contribution in [0.3, 0.4) is 0 Å². The maximum Gasteiger partial charge on any atom is 0.287 e. The first-order valence-corrected chi connectivity index (χ1v) is 6.42. The molecule has 8 heteroatoms. The average molecular weight is 329 g/mol. The van der Waals surface area contributed by atoms with Gasteiger partial charge in [-0.05, 0) is 28.9 Å². The van der Waals surface area contributed by atoms with Crippen LogP contribution < -0.4 is 5.32 Å². The van der Waals surface area contributed by atoms with Crippen molar-refractivity contribution in [3.8, 4) is 0 Å². The summed E-state index contributed by atoms with van der Waals surface area (Å²) in [6.45, 7) is 2.20. The van der Waals surface area contributed by atoms with Crippen LogP contribution in [-0.4, -0.2) is 38.7 Å². The zero-order chi connectivity index (χ0) is 13.8. The number of amides is 1. The van der Waals surface area contributed by atoms with Crippen molar-refractivity contribution in [2.24, 2.45) is 0 Å². The van der Waals surface area contributed by atoms with Crippen LogP contribution in [0.2, 0.25) is 0 Å². The Morgan fingerprint density at radius 2 is 2.47 bits per heavy atom. The van der Waals surface area contributed by atoms with Gasteiger partial charge in [-0.15, -0.1) is 5.10 Å². The van der Waals surface area contributed by atoms with Crippen molar-refractivity contribution in [1.29, 1.82) is 0 Å². The Morgan fingerprint density at radius 1 is 1.68 bits per heavy atom. The van der Waals surface area contributed by atoms with E-state index in [0.29, 0.717) is 4.67 Å². The normalized spacial score (nSPS) is 12.4. The van der Waals surface area contributed by atoms with E-state index < -0.39 is 6.10 Å². The van der Waals surface area contributed by atoms with Crippen LogP contribution in [0.5, 0.6) is 0 Å². The largest absolute Gasteiger partial charge is 0.444 e. The summed E-state index contributed by atoms with van der Waals surface area (Å²) in [4.78, 5) is 11.7. The molecular weight excluding hydrogens is 316 g/mol. The molecule has 0 aliphatic heterocycles. The van der Waals surface area contributed by atoms with Gasteiger partial charge in [0.05, 0.1) is 18.8 Å². The summed E-state index contributed by atoms with van der Waals surface area (Å²) >= 11 is 3.19. The Morgan fingerprint density at radius 3 is 3.05 bits per heavy atom. The van der Waals surface area contributed by atoms with Gasteiger partial charge in [0.2, 0.25) is 0 Å². The smallest absolute Gasteiger partial charge is 0.287 e. The third kappa shape index (κ3) is 3.65. The van der Waals surface area contributed by atoms with E-state index in [1.807, 2.05) is 6.92 Å². The average Bonchev–Trinajstić information content (AvgIpc) is 2.98. The summed E-state index contributed by atoms with van der Waals surface area (Å²) in [6, 6.07) is 1.63. The van der Waals surface area contributed by atoms with Crippen LogP contribution in [0.4, 0.5) is 0 Å². The fourth-order valence-electron chi connectivity index (χ4n) is 1.48. The molecule has 2 N–H and O–H groups in total. The van der Waals surface area contributed by atoms with E-state index in [1.54, 1.807) is 12.3 Å². The number of aliphatic hydroxyl groups excluding tert-OH is 1. The minimum atomic E-state index is -0.745. The molecule has 2 rings (SSSR count). The molecular formula is C11H13BrN4O3. The minimum absolute atomic E-state index is 0.107. The zero-order valence-electron chi connectivity index (χ0n) is 10.2. The summed E-state index contributed by atoms with van der Waals surface area (Å²) in [5.41, 5.74) is 0.841. The molecule has 0 spiro atoms. The summed E-state index contributed by atoms with van der Waals surface area (Å²) in [5.74, 6) is -0.163. The van der Waals surface area contributed by atoms with E-state index >= 15 is 0 Å². The number of aryl methyl sites for hydroxylation is 1. The second-order valence-corrected chi connectivity index (χ2v) is 4.78. The molecule has 0 bridgehead atoms. The number of carbonyl (C=O) groups is 1. The van der Waals surface area contributed by atoms with Crippen LogP contribution in [-0.2, 0) is 6.54 Å². The first-order chi connectivity index (χ1) is 9.06. The predicted molar refractivity (Wildman–Crippen MR) is 69.5 cm³/mol. The molecule has 7 nitrogen and oxygen atoms in total. The lowest BCUT2D eigenvalue weighted by Gasteiger charge is -2.10. The third-order valence-electron chi connectivity index (χ3n) is 2.45. The topological polar surface area (TPSA) is 93.2 Å². The van der Waals surface area contributed by atoms with Crippen LogP contribution in [0.25, 0.3) is 0 Å². The van der Waals surface area contributed by atoms with Crippen molar-refractivity contribution in [2.45, 2.75) is 19.6 Å². The molecule has 0 radical (unpaired) electrons. The van der Waals surface area contributed by atoms with Crippen LogP contribution in [0.1, 0.15) is 16.1 Å². The summed E-state index contributed by atoms with van der Waals surface area (Å²) in [5, 5.41) is 19.7. The SMILES string of the molecule is Cc1cc(C(=O)NCC(O)Cn2ccnn2)oc1Br. The van der Waals surface area contributed by atoms with Crippen LogP contribution in [0.15, 0.2) is 27.5 Å². The van der Waals surface area contributed by atoms with Crippen LogP contribution >= 0.6 is 15.9 Å². The maximum absolute atomic E-state index is 11.7. The molecule has 0 saturated carbocycles. The van der Waals surface area contributed by atoms with E-state index in [9.17, 15) is 9.90 Å². The molecule has 0 saturated heterocycles. The Bertz CT molecular complexity index is 533. The highest BCUT2D eigenvalue weighted by molar-refractivity contribution is 9.10. The number of rotatable bonds is 5. The Labute approximate surface area is 117 Å². The number of furan rings is 1. The van der Waals surface area contributed by atoms with Crippen molar-refractivity contribution in [2.75, 3.05) is 6.54 Å². The van der Waals surface area contributed by atoms with Gasteiger partial charge in [0.25, 0.3) is 5.91 Å². The lowest BCUT2D eigenvalue weighted by Crippen LogP contribution is -2.34. The number of halogens is 1. The standard InChI is InChI=1S/C11H13BrN4O3/c1-7-4-9(19-10(7)12)11(18)13-5-8(17)6-16-3-2-14-15-16/h2-4,8,17H,5-6H2,1H3,(H,13,18). The highest BCUT2D eigenvalue weighted by Gasteiger charge is 2.14. The van der Waals surface area contributed by atoms with Gasteiger partial charge in [-0.2, -0.15) is 0 Å². The van der Waals surface area contributed by atoms with Gasteiger partial charge in [-0.25, -0.2) is 4.68 Å². The van der Waals surface area contributed by atoms with E-state index in [4.69, 9.17) is 4.42 Å². The van der Waals surface area contributed by atoms with E-state index in [1.165, 1.54) is 10.9 Å². The van der Waals surface area contributed by atoms with Crippen molar-refractivity contribution in [3.63, 3.8) is 0 Å². The number of hydrogen-bond donors (Lipinski definition) is 2. The number of aromatic nitrogens is 3. The Kier molecular flexibility index (Phi) is 4.33. The highest BCUT2D eigenvalue weighted by Crippen LogP contribution is 2.20. The molecule has 0 fully saturated rings. The molecule has 2 aromatic heterocycles. The van der Waals surface area contributed by atoms with Crippen molar-refractivity contribution in [1.82, 2.24) is 20.3 Å². The Balaban J connectivity index is 1.83. The quantitative estimate of drug-likeness (QED) is 0.844. The molecule has 0 aliphatic rings. The first kappa shape index (κ1) is 13.8. The molecule has 0 aliphatic carbocycles. The molecule has 1 atom stereocenters. The lowest BCUT2D eigenvalue weighted by molar-refractivity contribution is 0.0872. The maximum atomic E-state index is 11.7. The minimum Gasteiger partial charge on any atom is -0.444 e. The van der Waals surface area contributed by atoms with Gasteiger partial charge >= 0.3 is 0 Å². The van der Waals surface area contributed by atoms with Crippen molar-refractivity contribution >= 4 is 21.8 Å². The summed E-state index contributed by atoms with van der Waals surface area (Å²) < 4.78 is 7.23. The van der Waals surface area contributed by atoms with Gasteiger partial charge in [-0.1, -0.05) is 5.21 Å². The predicted octanol–water partition coefficient (Wildman–Crippen LogP) is 0.733. The number of nitrogens with one attached hydrogen (secondary N) is 1. The van der Waals surface area contributed by atoms with Gasteiger partial charge in [0, 0.05) is 18.3 Å². The van der Waals surface area contributed by atoms with E-state index in [0.717, 1.165) is 5.56 Å². The van der Waals surface area contributed by atoms with Crippen molar-refractivity contribution in [3.05, 3.63) is 34.5 Å². The highest BCUT2D eigenvalue weighted by atomic mass is 79.9. The second-order valence-electron chi connectivity index (χ2n) is 4.06. The van der Waals surface area contributed by atoms with Gasteiger partial charge in [0.15, 0.2) is 10.4 Å². The zero-order valence-corrected chi connectivity index (χ0v) is 11.8. The summed E-state index contributed by atoms with van der Waals surface area (Å²) in [7, 11) is 0. The molecule has 1 unspecified atom stereocenters. The van der Waals surface area contributed by atoms with Gasteiger partial charge < -0.3 is 14.8 Å². The van der Waals surface area contributed by atoms with Gasteiger partial charge in [0.1, 0.15) is 0 Å². The van der Waals surface area contributed by atoms with Crippen molar-refractivity contribution < 1.29 is 14.3 Å². The van der Waals surface area contributed by atoms with E-state index in [2.05, 4.69) is 31.6 Å². The lowest BCUT2D eigenvalue weighted by atomic mass is 10.3. The fraction of sp³-hybridized carbons (Fsp3) is 0.364. The van der Waals surface area contributed by atoms with Crippen LogP contribution in [0, 0.1) is 6.92 Å². The third-order valence-corrected chi connectivity index (χ3v) is 3.24. The number of aliphatic hydroxyl groups is 1. The number of hydrogen-bond acceptors (Lipinski definition) is 5. The Hall–Kier alpha value is -1.67. The van der Waals surface area contributed by atoms with Gasteiger partial charge in [-0.3, -0.25) is 4.79 Å². The molecule has 0 aromatic carbocycles. The molecule has 2 heterocycles. The monoisotopic (exact) mass is 328 g/mol. The first-order valence-electron chi connectivity index (χ1n) is 5.62. The fourth-order valence-corrected chi connectivity index (χ4v) is 1.77. The summed E-state index contributed by atoms with van der Waals surface area (Å²) in [6.07, 6.45) is 2.41. The second kappa shape index (κ2) is 5.98. The number of carbonyl (C=O) groups excluding carboxylic acids is 1. The molecule has 2 aromatic rings. The van der Waals surface area contributed by atoms with E-state index in [-0.39, 0.29) is 24.8 Å². The molecule has 102 valence electrons. The molecule has 1 amide bonds. The number of nitrogens with zero attached hydrogens (tertiary/aromatic N) is 3.